The van der Waals surface area contributed by atoms with Crippen LogP contribution in [0.4, 0.5) is 0 Å². The smallest absolute Gasteiger partial charge is 0.0282 e. The van der Waals surface area contributed by atoms with Crippen LogP contribution in [0.25, 0.3) is 0 Å². The molecule has 3 rings (SSSR count). The van der Waals surface area contributed by atoms with Crippen molar-refractivity contribution in [1.29, 1.82) is 0 Å². The lowest BCUT2D eigenvalue weighted by Crippen LogP contribution is -2.34. The zero-order valence-electron chi connectivity index (χ0n) is 8.95. The van der Waals surface area contributed by atoms with Crippen LogP contribution in [0.15, 0.2) is 30.3 Å². The fourth-order valence-electron chi connectivity index (χ4n) is 3.17. The molecule has 0 amide bonds. The molecule has 1 heteroatoms. The maximum atomic E-state index is 6.15. The number of benzene rings is 1. The Morgan fingerprint density at radius 3 is 2.47 bits per heavy atom. The van der Waals surface area contributed by atoms with E-state index in [0.29, 0.717) is 5.41 Å². The van der Waals surface area contributed by atoms with Crippen LogP contribution >= 0.6 is 11.6 Å². The molecule has 0 nitrogen and oxygen atoms in total. The van der Waals surface area contributed by atoms with Gasteiger partial charge in [-0.15, -0.1) is 11.6 Å². The minimum Gasteiger partial charge on any atom is -0.126 e. The Bertz CT molecular complexity index is 334. The first-order valence-corrected chi connectivity index (χ1v) is 6.50. The molecule has 2 aliphatic rings. The summed E-state index contributed by atoms with van der Waals surface area (Å²) in [6.45, 7) is 0. The molecule has 0 N–H and O–H groups in total. The second-order valence-electron chi connectivity index (χ2n) is 5.21. The molecule has 0 aliphatic heterocycles. The van der Waals surface area contributed by atoms with E-state index in [4.69, 9.17) is 11.6 Å². The minimum absolute atomic E-state index is 0.516. The highest BCUT2D eigenvalue weighted by molar-refractivity contribution is 6.18. The lowest BCUT2D eigenvalue weighted by molar-refractivity contribution is 0.129. The van der Waals surface area contributed by atoms with Crippen molar-refractivity contribution in [2.75, 3.05) is 5.88 Å². The fourth-order valence-corrected chi connectivity index (χ4v) is 3.64. The topological polar surface area (TPSA) is 0 Å². The summed E-state index contributed by atoms with van der Waals surface area (Å²) in [5, 5.41) is 0. The Morgan fingerprint density at radius 2 is 1.93 bits per heavy atom. The van der Waals surface area contributed by atoms with E-state index in [1.165, 1.54) is 31.2 Å². The van der Waals surface area contributed by atoms with Gasteiger partial charge in [-0.3, -0.25) is 0 Å². The number of halogens is 1. The van der Waals surface area contributed by atoms with Gasteiger partial charge in [0.25, 0.3) is 0 Å². The first-order valence-electron chi connectivity index (χ1n) is 5.97. The Balaban J connectivity index is 1.74. The van der Waals surface area contributed by atoms with Crippen LogP contribution in [0.2, 0.25) is 0 Å². The van der Waals surface area contributed by atoms with Gasteiger partial charge in [0.1, 0.15) is 0 Å². The molecule has 80 valence electrons. The van der Waals surface area contributed by atoms with Gasteiger partial charge < -0.3 is 0 Å². The van der Waals surface area contributed by atoms with E-state index in [1.807, 2.05) is 0 Å². The number of hydrogen-bond acceptors (Lipinski definition) is 0. The zero-order valence-corrected chi connectivity index (χ0v) is 9.71. The molecule has 0 heterocycles. The first kappa shape index (κ1) is 9.72. The van der Waals surface area contributed by atoms with Crippen molar-refractivity contribution in [3.8, 4) is 0 Å². The molecular formula is C14H17Cl. The molecule has 15 heavy (non-hydrogen) atoms. The molecule has 2 fully saturated rings. The van der Waals surface area contributed by atoms with Crippen LogP contribution in [-0.2, 0) is 0 Å². The number of alkyl halides is 1. The predicted molar refractivity (Wildman–Crippen MR) is 64.3 cm³/mol. The summed E-state index contributed by atoms with van der Waals surface area (Å²) < 4.78 is 0. The minimum atomic E-state index is 0.516. The van der Waals surface area contributed by atoms with Gasteiger partial charge in [-0.05, 0) is 42.1 Å². The quantitative estimate of drug-likeness (QED) is 0.670. The normalized spacial score (nSPS) is 32.1. The standard InChI is InChI=1S/C14H17Cl/c15-10-14(7-4-8-14)13-9-12(13)11-5-2-1-3-6-11/h1-3,5-6,12-13H,4,7-10H2. The average molecular weight is 221 g/mol. The molecule has 0 radical (unpaired) electrons. The first-order chi connectivity index (χ1) is 7.36. The summed E-state index contributed by atoms with van der Waals surface area (Å²) in [7, 11) is 0. The average Bonchev–Trinajstić information content (AvgIpc) is 2.99. The molecule has 0 saturated heterocycles. The lowest BCUT2D eigenvalue weighted by atomic mass is 9.66. The van der Waals surface area contributed by atoms with E-state index >= 15 is 0 Å². The third kappa shape index (κ3) is 1.50. The highest BCUT2D eigenvalue weighted by Crippen LogP contribution is 2.64. The summed E-state index contributed by atoms with van der Waals surface area (Å²) in [6.07, 6.45) is 5.50. The maximum absolute atomic E-state index is 6.15. The molecule has 2 atom stereocenters. The van der Waals surface area contributed by atoms with Gasteiger partial charge >= 0.3 is 0 Å². The Morgan fingerprint density at radius 1 is 1.20 bits per heavy atom. The Hall–Kier alpha value is -0.490. The molecule has 1 aromatic carbocycles. The third-order valence-electron chi connectivity index (χ3n) is 4.42. The van der Waals surface area contributed by atoms with Gasteiger partial charge in [-0.2, -0.15) is 0 Å². The monoisotopic (exact) mass is 220 g/mol. The third-order valence-corrected chi connectivity index (χ3v) is 4.95. The lowest BCUT2D eigenvalue weighted by Gasteiger charge is -2.41. The van der Waals surface area contributed by atoms with Crippen molar-refractivity contribution in [1.82, 2.24) is 0 Å². The fraction of sp³-hybridized carbons (Fsp3) is 0.571. The van der Waals surface area contributed by atoms with Crippen molar-refractivity contribution < 1.29 is 0 Å². The number of hydrogen-bond donors (Lipinski definition) is 0. The summed E-state index contributed by atoms with van der Waals surface area (Å²) in [6, 6.07) is 10.9. The van der Waals surface area contributed by atoms with Crippen LogP contribution in [0.5, 0.6) is 0 Å². The Kier molecular flexibility index (Phi) is 2.28. The van der Waals surface area contributed by atoms with Crippen molar-refractivity contribution in [3.63, 3.8) is 0 Å². The van der Waals surface area contributed by atoms with Gasteiger partial charge in [0.15, 0.2) is 0 Å². The largest absolute Gasteiger partial charge is 0.126 e. The van der Waals surface area contributed by atoms with Gasteiger partial charge in [-0.1, -0.05) is 36.8 Å². The van der Waals surface area contributed by atoms with Gasteiger partial charge in [-0.25, -0.2) is 0 Å². The van der Waals surface area contributed by atoms with Crippen LogP contribution < -0.4 is 0 Å². The molecule has 0 bridgehead atoms. The van der Waals surface area contributed by atoms with Crippen molar-refractivity contribution in [3.05, 3.63) is 35.9 Å². The molecule has 0 aromatic heterocycles. The zero-order chi connectivity index (χ0) is 10.3. The van der Waals surface area contributed by atoms with Gasteiger partial charge in [0.2, 0.25) is 0 Å². The van der Waals surface area contributed by atoms with Crippen LogP contribution in [0, 0.1) is 11.3 Å². The van der Waals surface area contributed by atoms with E-state index in [2.05, 4.69) is 30.3 Å². The molecule has 2 saturated carbocycles. The van der Waals surface area contributed by atoms with Gasteiger partial charge in [0, 0.05) is 5.88 Å². The summed E-state index contributed by atoms with van der Waals surface area (Å²) >= 11 is 6.15. The second kappa shape index (κ2) is 3.52. The van der Waals surface area contributed by atoms with Gasteiger partial charge in [0.05, 0.1) is 0 Å². The predicted octanol–water partition coefficient (Wildman–Crippen LogP) is 4.20. The van der Waals surface area contributed by atoms with E-state index in [0.717, 1.165) is 17.7 Å². The summed E-state index contributed by atoms with van der Waals surface area (Å²) in [5.74, 6) is 2.57. The summed E-state index contributed by atoms with van der Waals surface area (Å²) in [4.78, 5) is 0. The summed E-state index contributed by atoms with van der Waals surface area (Å²) in [5.41, 5.74) is 2.04. The maximum Gasteiger partial charge on any atom is 0.0282 e. The van der Waals surface area contributed by atoms with Crippen LogP contribution in [-0.4, -0.2) is 5.88 Å². The van der Waals surface area contributed by atoms with E-state index in [-0.39, 0.29) is 0 Å². The molecule has 2 aliphatic carbocycles. The SMILES string of the molecule is ClCC1(C2CC2c2ccccc2)CCC1. The molecule has 2 unspecified atom stereocenters. The van der Waals surface area contributed by atoms with Crippen LogP contribution in [0.1, 0.15) is 37.2 Å². The molecular weight excluding hydrogens is 204 g/mol. The number of rotatable bonds is 3. The van der Waals surface area contributed by atoms with E-state index < -0.39 is 0 Å². The molecule has 0 spiro atoms. The Labute approximate surface area is 96.6 Å². The molecule has 1 aromatic rings. The highest BCUT2D eigenvalue weighted by Gasteiger charge is 2.54. The highest BCUT2D eigenvalue weighted by atomic mass is 35.5. The van der Waals surface area contributed by atoms with E-state index in [1.54, 1.807) is 0 Å². The van der Waals surface area contributed by atoms with Crippen molar-refractivity contribution in [2.24, 2.45) is 11.3 Å². The van der Waals surface area contributed by atoms with Crippen LogP contribution in [0.3, 0.4) is 0 Å². The van der Waals surface area contributed by atoms with Crippen molar-refractivity contribution in [2.45, 2.75) is 31.6 Å². The second-order valence-corrected chi connectivity index (χ2v) is 5.48. The van der Waals surface area contributed by atoms with Crippen molar-refractivity contribution >= 4 is 11.6 Å². The van der Waals surface area contributed by atoms with E-state index in [9.17, 15) is 0 Å².